The van der Waals surface area contributed by atoms with Gasteiger partial charge in [0.15, 0.2) is 0 Å². The number of aromatic nitrogens is 2. The van der Waals surface area contributed by atoms with Gasteiger partial charge in [-0.2, -0.15) is 0 Å². The Labute approximate surface area is 173 Å². The maximum absolute atomic E-state index is 13.2. The van der Waals surface area contributed by atoms with E-state index >= 15 is 0 Å². The molecule has 2 unspecified atom stereocenters. The van der Waals surface area contributed by atoms with Crippen LogP contribution in [0.3, 0.4) is 0 Å². The zero-order valence-corrected chi connectivity index (χ0v) is 17.2. The monoisotopic (exact) mass is 417 g/mol. The second-order valence-electron chi connectivity index (χ2n) is 8.59. The number of urea groups is 1. The van der Waals surface area contributed by atoms with Gasteiger partial charge in [-0.05, 0) is 37.0 Å². The van der Waals surface area contributed by atoms with Crippen LogP contribution in [0.5, 0.6) is 0 Å². The van der Waals surface area contributed by atoms with Crippen molar-refractivity contribution < 1.29 is 14.3 Å². The third-order valence-corrected chi connectivity index (χ3v) is 6.62. The Morgan fingerprint density at radius 1 is 1.34 bits per heavy atom. The first-order valence-electron chi connectivity index (χ1n) is 9.99. The number of benzene rings is 1. The molecule has 5 rings (SSSR count). The lowest BCUT2D eigenvalue weighted by molar-refractivity contribution is -0.110. The summed E-state index contributed by atoms with van der Waals surface area (Å²) < 4.78 is 5.75. The van der Waals surface area contributed by atoms with Gasteiger partial charge in [0, 0.05) is 38.2 Å². The first-order chi connectivity index (χ1) is 13.9. The van der Waals surface area contributed by atoms with Gasteiger partial charge in [0.2, 0.25) is 11.8 Å². The summed E-state index contributed by atoms with van der Waals surface area (Å²) in [6.45, 7) is 5.06. The molecule has 1 aromatic heterocycles. The third kappa shape index (κ3) is 2.97. The van der Waals surface area contributed by atoms with E-state index in [-0.39, 0.29) is 18.2 Å². The molecule has 3 atom stereocenters. The molecule has 154 valence electrons. The van der Waals surface area contributed by atoms with Crippen molar-refractivity contribution in [2.75, 3.05) is 23.3 Å². The molecule has 0 radical (unpaired) electrons. The number of halogens is 1. The van der Waals surface area contributed by atoms with Crippen molar-refractivity contribution in [2.45, 2.75) is 50.8 Å². The van der Waals surface area contributed by atoms with E-state index in [4.69, 9.17) is 16.0 Å². The molecule has 29 heavy (non-hydrogen) atoms. The normalized spacial score (nSPS) is 28.7. The number of aryl methyl sites for hydroxylation is 1. The van der Waals surface area contributed by atoms with Crippen LogP contribution in [0, 0.1) is 12.8 Å². The van der Waals surface area contributed by atoms with E-state index in [9.17, 15) is 9.90 Å². The first kappa shape index (κ1) is 18.7. The first-order valence-corrected chi connectivity index (χ1v) is 10.4. The van der Waals surface area contributed by atoms with E-state index in [1.165, 1.54) is 0 Å². The van der Waals surface area contributed by atoms with E-state index in [2.05, 4.69) is 22.4 Å². The number of hydrogen-bond donors (Lipinski definition) is 2. The summed E-state index contributed by atoms with van der Waals surface area (Å²) in [6.07, 6.45) is 2.31. The number of nitrogens with one attached hydrogen (secondary N) is 1. The van der Waals surface area contributed by atoms with E-state index < -0.39 is 5.54 Å². The molecule has 1 saturated carbocycles. The highest BCUT2D eigenvalue weighted by molar-refractivity contribution is 6.33. The summed E-state index contributed by atoms with van der Waals surface area (Å²) in [4.78, 5) is 17.1. The summed E-state index contributed by atoms with van der Waals surface area (Å²) in [5, 5.41) is 21.4. The summed E-state index contributed by atoms with van der Waals surface area (Å²) in [5.74, 6) is 1.53. The van der Waals surface area contributed by atoms with Crippen molar-refractivity contribution in [1.29, 1.82) is 0 Å². The van der Waals surface area contributed by atoms with Crippen molar-refractivity contribution in [3.63, 3.8) is 0 Å². The van der Waals surface area contributed by atoms with Crippen LogP contribution in [0.2, 0.25) is 5.02 Å². The number of carbonyl (C=O) groups is 1. The number of nitrogens with zero attached hydrogens (tertiary/aromatic N) is 4. The van der Waals surface area contributed by atoms with Gasteiger partial charge in [0.1, 0.15) is 5.54 Å². The highest BCUT2D eigenvalue weighted by Gasteiger charge is 2.62. The average molecular weight is 418 g/mol. The number of rotatable bonds is 3. The lowest BCUT2D eigenvalue weighted by atomic mass is 9.64. The number of likely N-dealkylation sites (tertiary alicyclic amines) is 1. The van der Waals surface area contributed by atoms with Gasteiger partial charge >= 0.3 is 6.03 Å². The highest BCUT2D eigenvalue weighted by atomic mass is 35.5. The maximum Gasteiger partial charge on any atom is 0.323 e. The van der Waals surface area contributed by atoms with Crippen LogP contribution in [0.1, 0.15) is 38.0 Å². The fourth-order valence-corrected chi connectivity index (χ4v) is 5.34. The van der Waals surface area contributed by atoms with E-state index in [0.29, 0.717) is 41.5 Å². The van der Waals surface area contributed by atoms with E-state index in [1.807, 2.05) is 15.9 Å². The molecule has 2 amide bonds. The Morgan fingerprint density at radius 3 is 2.83 bits per heavy atom. The number of piperidine rings is 1. The van der Waals surface area contributed by atoms with Crippen molar-refractivity contribution >= 4 is 29.0 Å². The summed E-state index contributed by atoms with van der Waals surface area (Å²) >= 11 is 6.31. The van der Waals surface area contributed by atoms with Crippen LogP contribution in [0.4, 0.5) is 16.2 Å². The maximum atomic E-state index is 13.2. The molecule has 2 aromatic rings. The van der Waals surface area contributed by atoms with Gasteiger partial charge in [-0.15, -0.1) is 10.2 Å². The topological polar surface area (TPSA) is 94.7 Å². The lowest BCUT2D eigenvalue weighted by Gasteiger charge is -2.61. The molecule has 2 saturated heterocycles. The minimum Gasteiger partial charge on any atom is -0.423 e. The van der Waals surface area contributed by atoms with E-state index in [1.54, 1.807) is 19.1 Å². The Bertz CT molecular complexity index is 959. The van der Waals surface area contributed by atoms with Gasteiger partial charge in [0.05, 0.1) is 16.8 Å². The molecule has 2 aliphatic heterocycles. The average Bonchev–Trinajstić information content (AvgIpc) is 3.07. The summed E-state index contributed by atoms with van der Waals surface area (Å²) in [7, 11) is 0. The quantitative estimate of drug-likeness (QED) is 0.796. The van der Waals surface area contributed by atoms with Crippen LogP contribution in [0.25, 0.3) is 0 Å². The number of amides is 2. The predicted octanol–water partition coefficient (Wildman–Crippen LogP) is 3.14. The fourth-order valence-electron chi connectivity index (χ4n) is 5.10. The highest BCUT2D eigenvalue weighted by Crippen LogP contribution is 2.55. The molecule has 1 aromatic carbocycles. The molecule has 1 aliphatic carbocycles. The molecular weight excluding hydrogens is 394 g/mol. The number of anilines is 2. The Hall–Kier alpha value is -2.32. The molecule has 3 aliphatic rings. The van der Waals surface area contributed by atoms with Crippen molar-refractivity contribution in [1.82, 2.24) is 15.1 Å². The molecule has 8 nitrogen and oxygen atoms in total. The van der Waals surface area contributed by atoms with Gasteiger partial charge in [-0.1, -0.05) is 18.5 Å². The van der Waals surface area contributed by atoms with Crippen LogP contribution < -0.4 is 10.2 Å². The second-order valence-corrected chi connectivity index (χ2v) is 8.99. The van der Waals surface area contributed by atoms with Crippen LogP contribution in [-0.2, 0) is 5.54 Å². The van der Waals surface area contributed by atoms with Gasteiger partial charge in [-0.3, -0.25) is 0 Å². The van der Waals surface area contributed by atoms with Crippen molar-refractivity contribution in [2.24, 2.45) is 5.92 Å². The van der Waals surface area contributed by atoms with Gasteiger partial charge < -0.3 is 24.6 Å². The minimum atomic E-state index is -0.523. The van der Waals surface area contributed by atoms with Gasteiger partial charge in [-0.25, -0.2) is 4.79 Å². The zero-order valence-electron chi connectivity index (χ0n) is 16.4. The number of β-amino-alcohol motifs (C(OH)–C–C–N with tert-alkyl or cyclic N) is 1. The number of aliphatic hydroxyl groups excluding tert-OH is 1. The Kier molecular flexibility index (Phi) is 4.25. The largest absolute Gasteiger partial charge is 0.423 e. The molecule has 3 heterocycles. The smallest absolute Gasteiger partial charge is 0.323 e. The Morgan fingerprint density at radius 2 is 2.14 bits per heavy atom. The van der Waals surface area contributed by atoms with Crippen molar-refractivity contribution in [3.8, 4) is 0 Å². The molecule has 2 bridgehead atoms. The van der Waals surface area contributed by atoms with Crippen molar-refractivity contribution in [3.05, 3.63) is 35.0 Å². The Balaban J connectivity index is 1.39. The second kappa shape index (κ2) is 6.60. The number of carbonyl (C=O) groups excluding carboxylic acids is 1. The van der Waals surface area contributed by atoms with Crippen LogP contribution >= 0.6 is 11.6 Å². The lowest BCUT2D eigenvalue weighted by Crippen LogP contribution is -2.70. The van der Waals surface area contributed by atoms with E-state index in [0.717, 1.165) is 24.9 Å². The molecule has 9 heteroatoms. The number of aliphatic hydroxyl groups is 1. The molecule has 0 spiro atoms. The standard InChI is InChI=1S/C20H24ClN5O3/c1-11-5-14-8-20(7-11,18-24-23-12(2)29-18)26(14)19(28)22-13-3-4-16(21)17(6-13)25-9-15(27)10-25/h3-4,6,11,14-15,27H,5,7-10H2,1-2H3,(H,22,28)/t11-,14?,20?/m1/s1. The third-order valence-electron chi connectivity index (χ3n) is 6.30. The molecular formula is C20H24ClN5O3. The number of fused-ring (bicyclic) bond motifs is 2. The van der Waals surface area contributed by atoms with Crippen LogP contribution in [-0.4, -0.2) is 51.5 Å². The SMILES string of the molecule is Cc1nnc(C23CC(C[C@@H](C)C2)N3C(=O)Nc2ccc(Cl)c(N3CC(O)C3)c2)o1. The summed E-state index contributed by atoms with van der Waals surface area (Å²) in [5.41, 5.74) is 0.963. The predicted molar refractivity (Wildman–Crippen MR) is 108 cm³/mol. The minimum absolute atomic E-state index is 0.166. The van der Waals surface area contributed by atoms with Crippen LogP contribution in [0.15, 0.2) is 22.6 Å². The molecule has 3 fully saturated rings. The molecule has 2 N–H and O–H groups in total. The summed E-state index contributed by atoms with van der Waals surface area (Å²) in [6, 6.07) is 5.42. The fraction of sp³-hybridized carbons (Fsp3) is 0.550. The zero-order chi connectivity index (χ0) is 20.3. The van der Waals surface area contributed by atoms with Gasteiger partial charge in [0.25, 0.3) is 0 Å². The number of hydrogen-bond acceptors (Lipinski definition) is 6.